The molecule has 1 atom stereocenters. The molecule has 116 valence electrons. The van der Waals surface area contributed by atoms with Gasteiger partial charge in [-0.15, -0.1) is 0 Å². The Bertz CT molecular complexity index is 315. The first kappa shape index (κ1) is 19.3. The zero-order chi connectivity index (χ0) is 14.8. The molecule has 19 heavy (non-hydrogen) atoms. The molecule has 1 unspecified atom stereocenters. The van der Waals surface area contributed by atoms with Crippen molar-refractivity contribution in [2.75, 3.05) is 13.7 Å². The quantitative estimate of drug-likeness (QED) is 0.418. The van der Waals surface area contributed by atoms with Crippen LogP contribution in [0.4, 0.5) is 0 Å². The summed E-state index contributed by atoms with van der Waals surface area (Å²) in [4.78, 5) is 17.1. The van der Waals surface area contributed by atoms with E-state index in [1.165, 1.54) is 19.3 Å². The maximum Gasteiger partial charge on any atom is 0.483 e. The van der Waals surface area contributed by atoms with Gasteiger partial charge in [0, 0.05) is 7.11 Å². The van der Waals surface area contributed by atoms with Crippen molar-refractivity contribution in [1.82, 2.24) is 0 Å². The van der Waals surface area contributed by atoms with Crippen LogP contribution >= 0.6 is 15.6 Å². The van der Waals surface area contributed by atoms with Crippen molar-refractivity contribution in [3.63, 3.8) is 0 Å². The average Bonchev–Trinajstić information content (AvgIpc) is 2.30. The van der Waals surface area contributed by atoms with Gasteiger partial charge in [0.25, 0.3) is 0 Å². The number of phosphoric acid groups is 2. The van der Waals surface area contributed by atoms with Gasteiger partial charge in [0.15, 0.2) is 0 Å². The average molecular weight is 318 g/mol. The Balaban J connectivity index is 3.73. The second-order valence-corrected chi connectivity index (χ2v) is 7.31. The molecule has 0 aliphatic heterocycles. The molecule has 0 aliphatic carbocycles. The minimum atomic E-state index is -4.89. The van der Waals surface area contributed by atoms with E-state index in [9.17, 15) is 9.13 Å². The molecule has 0 spiro atoms. The van der Waals surface area contributed by atoms with Crippen LogP contribution in [0.5, 0.6) is 0 Å². The molecule has 0 amide bonds. The maximum absolute atomic E-state index is 11.6. The Morgan fingerprint density at radius 1 is 0.947 bits per heavy atom. The van der Waals surface area contributed by atoms with Crippen LogP contribution in [-0.4, -0.2) is 23.5 Å². The summed E-state index contributed by atoms with van der Waals surface area (Å²) < 4.78 is 35.4. The summed E-state index contributed by atoms with van der Waals surface area (Å²) in [5.74, 6) is 0. The molecule has 0 aromatic carbocycles. The van der Waals surface area contributed by atoms with Crippen LogP contribution in [0.2, 0.25) is 0 Å². The monoisotopic (exact) mass is 318 g/mol. The van der Waals surface area contributed by atoms with E-state index in [1.54, 1.807) is 0 Å². The Morgan fingerprint density at radius 3 is 1.95 bits per heavy atom. The summed E-state index contributed by atoms with van der Waals surface area (Å²) in [7, 11) is -8.03. The summed E-state index contributed by atoms with van der Waals surface area (Å²) in [6.45, 7) is 2.23. The van der Waals surface area contributed by atoms with Gasteiger partial charge in [0.05, 0.1) is 6.61 Å². The fourth-order valence-electron chi connectivity index (χ4n) is 1.48. The summed E-state index contributed by atoms with van der Waals surface area (Å²) >= 11 is 0. The molecular formula is C10H24O7P2. The number of phosphoric ester groups is 1. The highest BCUT2D eigenvalue weighted by atomic mass is 31.3. The first-order valence-corrected chi connectivity index (χ1v) is 9.39. The van der Waals surface area contributed by atoms with E-state index in [0.717, 1.165) is 26.4 Å². The van der Waals surface area contributed by atoms with E-state index < -0.39 is 15.6 Å². The molecule has 9 heteroatoms. The number of hydrogen-bond acceptors (Lipinski definition) is 5. The molecule has 0 saturated carbocycles. The fraction of sp³-hybridized carbons (Fsp3) is 1.00. The number of unbranched alkanes of at least 4 members (excludes halogenated alkanes) is 6. The van der Waals surface area contributed by atoms with Gasteiger partial charge in [-0.3, -0.25) is 9.05 Å². The number of rotatable bonds is 12. The normalized spacial score (nSPS) is 15.4. The summed E-state index contributed by atoms with van der Waals surface area (Å²) in [5.41, 5.74) is 0. The van der Waals surface area contributed by atoms with Crippen molar-refractivity contribution in [1.29, 1.82) is 0 Å². The van der Waals surface area contributed by atoms with Crippen LogP contribution in [0.1, 0.15) is 51.9 Å². The molecule has 7 nitrogen and oxygen atoms in total. The topological polar surface area (TPSA) is 102 Å². The van der Waals surface area contributed by atoms with Gasteiger partial charge in [-0.1, -0.05) is 45.4 Å². The molecule has 0 aliphatic rings. The molecule has 0 aromatic heterocycles. The molecule has 0 aromatic rings. The van der Waals surface area contributed by atoms with Gasteiger partial charge < -0.3 is 9.79 Å². The second-order valence-electron chi connectivity index (χ2n) is 4.16. The third kappa shape index (κ3) is 11.8. The fourth-order valence-corrected chi connectivity index (χ4v) is 3.43. The highest BCUT2D eigenvalue weighted by Gasteiger charge is 2.34. The van der Waals surface area contributed by atoms with Gasteiger partial charge >= 0.3 is 15.6 Å². The number of hydrogen-bond donors (Lipinski definition) is 2. The summed E-state index contributed by atoms with van der Waals surface area (Å²) in [6, 6.07) is 0. The van der Waals surface area contributed by atoms with Gasteiger partial charge in [0.2, 0.25) is 0 Å². The van der Waals surface area contributed by atoms with Crippen molar-refractivity contribution in [3.05, 3.63) is 0 Å². The van der Waals surface area contributed by atoms with E-state index >= 15 is 0 Å². The SMILES string of the molecule is CCCCCCCCCOP(=O)(OC)OP(=O)(O)O. The van der Waals surface area contributed by atoms with Crippen LogP contribution in [0.3, 0.4) is 0 Å². The van der Waals surface area contributed by atoms with Gasteiger partial charge in [-0.2, -0.15) is 4.31 Å². The summed E-state index contributed by atoms with van der Waals surface area (Å²) in [6.07, 6.45) is 7.38. The molecule has 2 N–H and O–H groups in total. The van der Waals surface area contributed by atoms with E-state index in [0.29, 0.717) is 6.42 Å². The third-order valence-corrected chi connectivity index (χ3v) is 5.02. The van der Waals surface area contributed by atoms with Crippen molar-refractivity contribution >= 4 is 15.6 Å². The van der Waals surface area contributed by atoms with Crippen LogP contribution in [0, 0.1) is 0 Å². The molecular weight excluding hydrogens is 294 g/mol. The summed E-state index contributed by atoms with van der Waals surface area (Å²) in [5, 5.41) is 0. The molecule has 0 heterocycles. The van der Waals surface area contributed by atoms with Crippen LogP contribution in [0.25, 0.3) is 0 Å². The Kier molecular flexibility index (Phi) is 10.2. The smallest absolute Gasteiger partial charge is 0.302 e. The van der Waals surface area contributed by atoms with Gasteiger partial charge in [0.1, 0.15) is 0 Å². The molecule has 0 bridgehead atoms. The van der Waals surface area contributed by atoms with Gasteiger partial charge in [-0.25, -0.2) is 9.13 Å². The zero-order valence-electron chi connectivity index (χ0n) is 11.5. The van der Waals surface area contributed by atoms with Crippen molar-refractivity contribution < 1.29 is 32.3 Å². The highest BCUT2D eigenvalue weighted by Crippen LogP contribution is 2.60. The van der Waals surface area contributed by atoms with Crippen molar-refractivity contribution in [3.8, 4) is 0 Å². The molecule has 0 radical (unpaired) electrons. The zero-order valence-corrected chi connectivity index (χ0v) is 13.3. The van der Waals surface area contributed by atoms with Crippen LogP contribution < -0.4 is 0 Å². The second kappa shape index (κ2) is 10.1. The lowest BCUT2D eigenvalue weighted by atomic mass is 10.1. The lowest BCUT2D eigenvalue weighted by Crippen LogP contribution is -1.98. The van der Waals surface area contributed by atoms with Gasteiger partial charge in [-0.05, 0) is 6.42 Å². The van der Waals surface area contributed by atoms with Crippen LogP contribution in [0.15, 0.2) is 0 Å². The Morgan fingerprint density at radius 2 is 1.47 bits per heavy atom. The largest absolute Gasteiger partial charge is 0.483 e. The molecule has 0 saturated heterocycles. The lowest BCUT2D eigenvalue weighted by molar-refractivity contribution is 0.157. The molecule has 0 fully saturated rings. The van der Waals surface area contributed by atoms with E-state index in [-0.39, 0.29) is 6.61 Å². The van der Waals surface area contributed by atoms with E-state index in [4.69, 9.17) is 14.3 Å². The Hall–Kier alpha value is 0.260. The van der Waals surface area contributed by atoms with Crippen molar-refractivity contribution in [2.24, 2.45) is 0 Å². The standard InChI is InChI=1S/C10H24O7P2/c1-3-4-5-6-7-8-9-10-16-19(14,15-2)17-18(11,12)13/h3-10H2,1-2H3,(H2,11,12,13). The maximum atomic E-state index is 11.6. The van der Waals surface area contributed by atoms with E-state index in [1.807, 2.05) is 0 Å². The first-order valence-electron chi connectivity index (χ1n) is 6.40. The van der Waals surface area contributed by atoms with Crippen LogP contribution in [-0.2, 0) is 22.5 Å². The highest BCUT2D eigenvalue weighted by molar-refractivity contribution is 7.61. The predicted octanol–water partition coefficient (Wildman–Crippen LogP) is 3.62. The van der Waals surface area contributed by atoms with E-state index in [2.05, 4.69) is 15.8 Å². The lowest BCUT2D eigenvalue weighted by Gasteiger charge is -2.15. The van der Waals surface area contributed by atoms with Crippen molar-refractivity contribution in [2.45, 2.75) is 51.9 Å². The predicted molar refractivity (Wildman–Crippen MR) is 71.7 cm³/mol. The minimum Gasteiger partial charge on any atom is -0.302 e. The minimum absolute atomic E-state index is 0.0822. The third-order valence-electron chi connectivity index (χ3n) is 2.43. The first-order chi connectivity index (χ1) is 8.83. The molecule has 0 rings (SSSR count). The Labute approximate surface area is 114 Å².